The Bertz CT molecular complexity index is 351. The van der Waals surface area contributed by atoms with Gasteiger partial charge < -0.3 is 10.0 Å². The zero-order chi connectivity index (χ0) is 10.8. The topological polar surface area (TPSA) is 36.4 Å². The van der Waals surface area contributed by atoms with E-state index in [-0.39, 0.29) is 6.10 Å². The Hall–Kier alpha value is -0.510. The third-order valence-corrected chi connectivity index (χ3v) is 3.04. The number of aliphatic hydroxyl groups excluding tert-OH is 1. The Balaban J connectivity index is 2.15. The van der Waals surface area contributed by atoms with Crippen molar-refractivity contribution in [3.63, 3.8) is 0 Å². The van der Waals surface area contributed by atoms with Gasteiger partial charge in [0.15, 0.2) is 0 Å². The number of rotatable bonds is 1. The number of piperidine rings is 1. The highest BCUT2D eigenvalue weighted by Crippen LogP contribution is 2.27. The Morgan fingerprint density at radius 3 is 2.60 bits per heavy atom. The average molecular weight is 247 g/mol. The summed E-state index contributed by atoms with van der Waals surface area (Å²) in [6.45, 7) is 1.57. The van der Waals surface area contributed by atoms with Crippen LogP contribution < -0.4 is 4.90 Å². The number of hydrogen-bond acceptors (Lipinski definition) is 3. The smallest absolute Gasteiger partial charge is 0.147 e. The van der Waals surface area contributed by atoms with Gasteiger partial charge in [0.25, 0.3) is 0 Å². The molecule has 2 rings (SSSR count). The normalized spacial score (nSPS) is 18.2. The second-order valence-corrected chi connectivity index (χ2v) is 4.52. The average Bonchev–Trinajstić information content (AvgIpc) is 2.20. The van der Waals surface area contributed by atoms with Gasteiger partial charge in [-0.1, -0.05) is 23.2 Å². The molecule has 2 heterocycles. The van der Waals surface area contributed by atoms with Gasteiger partial charge in [-0.3, -0.25) is 0 Å². The maximum Gasteiger partial charge on any atom is 0.147 e. The molecule has 0 spiro atoms. The molecule has 1 aliphatic rings. The van der Waals surface area contributed by atoms with Crippen molar-refractivity contribution in [3.05, 3.63) is 22.3 Å². The minimum absolute atomic E-state index is 0.188. The first-order valence-corrected chi connectivity index (χ1v) is 5.66. The quantitative estimate of drug-likeness (QED) is 0.827. The van der Waals surface area contributed by atoms with Crippen LogP contribution >= 0.6 is 23.2 Å². The third kappa shape index (κ3) is 2.54. The lowest BCUT2D eigenvalue weighted by atomic mass is 10.1. The summed E-state index contributed by atoms with van der Waals surface area (Å²) in [4.78, 5) is 6.28. The third-order valence-electron chi connectivity index (χ3n) is 2.55. The monoisotopic (exact) mass is 246 g/mol. The minimum atomic E-state index is -0.188. The molecule has 1 fully saturated rings. The van der Waals surface area contributed by atoms with E-state index in [4.69, 9.17) is 23.2 Å². The van der Waals surface area contributed by atoms with Crippen LogP contribution in [0.15, 0.2) is 12.3 Å². The number of nitrogens with zero attached hydrogens (tertiary/aromatic N) is 2. The van der Waals surface area contributed by atoms with Gasteiger partial charge in [-0.25, -0.2) is 4.98 Å². The van der Waals surface area contributed by atoms with Crippen LogP contribution in [0.2, 0.25) is 10.0 Å². The number of hydrogen-bond donors (Lipinski definition) is 1. The molecule has 0 unspecified atom stereocenters. The second kappa shape index (κ2) is 4.56. The predicted octanol–water partition coefficient (Wildman–Crippen LogP) is 2.35. The zero-order valence-electron chi connectivity index (χ0n) is 8.16. The molecular weight excluding hydrogens is 235 g/mol. The van der Waals surface area contributed by atoms with Gasteiger partial charge in [-0.15, -0.1) is 0 Å². The summed E-state index contributed by atoms with van der Waals surface area (Å²) in [5, 5.41) is 10.5. The van der Waals surface area contributed by atoms with Crippen molar-refractivity contribution in [2.75, 3.05) is 18.0 Å². The standard InChI is InChI=1S/C10H12Cl2N2O/c11-7-5-9(12)10(13-6-7)14-3-1-8(15)2-4-14/h5-6,8,15H,1-4H2. The zero-order valence-corrected chi connectivity index (χ0v) is 9.67. The van der Waals surface area contributed by atoms with Gasteiger partial charge >= 0.3 is 0 Å². The highest BCUT2D eigenvalue weighted by atomic mass is 35.5. The molecule has 0 saturated carbocycles. The molecule has 0 bridgehead atoms. The van der Waals surface area contributed by atoms with Crippen LogP contribution in [-0.2, 0) is 0 Å². The Kier molecular flexibility index (Phi) is 3.34. The van der Waals surface area contributed by atoms with Crippen LogP contribution in [-0.4, -0.2) is 29.3 Å². The van der Waals surface area contributed by atoms with Gasteiger partial charge in [0, 0.05) is 19.3 Å². The summed E-state index contributed by atoms with van der Waals surface area (Å²) < 4.78 is 0. The summed E-state index contributed by atoms with van der Waals surface area (Å²) in [6, 6.07) is 1.69. The summed E-state index contributed by atoms with van der Waals surface area (Å²) in [5.74, 6) is 0.757. The van der Waals surface area contributed by atoms with Crippen LogP contribution in [0, 0.1) is 0 Å². The van der Waals surface area contributed by atoms with Crippen molar-refractivity contribution in [2.45, 2.75) is 18.9 Å². The number of anilines is 1. The Labute approximate surface area is 98.6 Å². The maximum atomic E-state index is 9.39. The molecule has 0 atom stereocenters. The largest absolute Gasteiger partial charge is 0.393 e. The first kappa shape index (κ1) is 11.0. The number of halogens is 2. The van der Waals surface area contributed by atoms with E-state index < -0.39 is 0 Å². The first-order valence-electron chi connectivity index (χ1n) is 4.91. The molecule has 3 nitrogen and oxygen atoms in total. The Morgan fingerprint density at radius 1 is 1.33 bits per heavy atom. The molecule has 1 aliphatic heterocycles. The van der Waals surface area contributed by atoms with E-state index in [1.165, 1.54) is 0 Å². The van der Waals surface area contributed by atoms with E-state index in [1.807, 2.05) is 0 Å². The maximum absolute atomic E-state index is 9.39. The van der Waals surface area contributed by atoms with Crippen LogP contribution in [0.25, 0.3) is 0 Å². The van der Waals surface area contributed by atoms with E-state index in [0.29, 0.717) is 10.0 Å². The van der Waals surface area contributed by atoms with Crippen LogP contribution in [0.1, 0.15) is 12.8 Å². The van der Waals surface area contributed by atoms with Gasteiger partial charge in [0.1, 0.15) is 5.82 Å². The second-order valence-electron chi connectivity index (χ2n) is 3.68. The molecule has 5 heteroatoms. The van der Waals surface area contributed by atoms with Crippen molar-refractivity contribution in [2.24, 2.45) is 0 Å². The van der Waals surface area contributed by atoms with Gasteiger partial charge in [0.2, 0.25) is 0 Å². The highest BCUT2D eigenvalue weighted by Gasteiger charge is 2.19. The lowest BCUT2D eigenvalue weighted by molar-refractivity contribution is 0.145. The number of aliphatic hydroxyl groups is 1. The van der Waals surface area contributed by atoms with Crippen molar-refractivity contribution < 1.29 is 5.11 Å². The first-order chi connectivity index (χ1) is 7.16. The fraction of sp³-hybridized carbons (Fsp3) is 0.500. The molecule has 1 aromatic rings. The van der Waals surface area contributed by atoms with E-state index in [9.17, 15) is 5.11 Å². The summed E-state index contributed by atoms with van der Waals surface area (Å²) in [5.41, 5.74) is 0. The van der Waals surface area contributed by atoms with Crippen LogP contribution in [0.5, 0.6) is 0 Å². The van der Waals surface area contributed by atoms with E-state index in [0.717, 1.165) is 31.7 Å². The molecule has 0 radical (unpaired) electrons. The minimum Gasteiger partial charge on any atom is -0.393 e. The Morgan fingerprint density at radius 2 is 2.00 bits per heavy atom. The molecule has 0 aliphatic carbocycles. The fourth-order valence-corrected chi connectivity index (χ4v) is 2.22. The van der Waals surface area contributed by atoms with Gasteiger partial charge in [0.05, 0.1) is 16.1 Å². The molecule has 82 valence electrons. The molecule has 1 aromatic heterocycles. The van der Waals surface area contributed by atoms with E-state index in [1.54, 1.807) is 12.3 Å². The summed E-state index contributed by atoms with van der Waals surface area (Å²) in [6.07, 6.45) is 2.93. The van der Waals surface area contributed by atoms with Crippen molar-refractivity contribution in [3.8, 4) is 0 Å². The lowest BCUT2D eigenvalue weighted by Crippen LogP contribution is -2.36. The van der Waals surface area contributed by atoms with Crippen molar-refractivity contribution >= 4 is 29.0 Å². The number of aromatic nitrogens is 1. The fourth-order valence-electron chi connectivity index (χ4n) is 1.72. The molecule has 15 heavy (non-hydrogen) atoms. The van der Waals surface area contributed by atoms with Crippen molar-refractivity contribution in [1.29, 1.82) is 0 Å². The van der Waals surface area contributed by atoms with E-state index >= 15 is 0 Å². The molecular formula is C10H12Cl2N2O. The molecule has 0 amide bonds. The summed E-state index contributed by atoms with van der Waals surface area (Å²) in [7, 11) is 0. The SMILES string of the molecule is OC1CCN(c2ncc(Cl)cc2Cl)CC1. The molecule has 1 N–H and O–H groups in total. The number of pyridine rings is 1. The van der Waals surface area contributed by atoms with Crippen molar-refractivity contribution in [1.82, 2.24) is 4.98 Å². The van der Waals surface area contributed by atoms with Gasteiger partial charge in [-0.2, -0.15) is 0 Å². The summed E-state index contributed by atoms with van der Waals surface area (Å²) >= 11 is 11.8. The predicted molar refractivity (Wildman–Crippen MR) is 61.7 cm³/mol. The van der Waals surface area contributed by atoms with E-state index in [2.05, 4.69) is 9.88 Å². The van der Waals surface area contributed by atoms with Gasteiger partial charge in [-0.05, 0) is 18.9 Å². The highest BCUT2D eigenvalue weighted by molar-refractivity contribution is 6.36. The van der Waals surface area contributed by atoms with Crippen LogP contribution in [0.3, 0.4) is 0 Å². The molecule has 1 saturated heterocycles. The molecule has 0 aromatic carbocycles. The van der Waals surface area contributed by atoms with Crippen LogP contribution in [0.4, 0.5) is 5.82 Å². The lowest BCUT2D eigenvalue weighted by Gasteiger charge is -2.30.